The van der Waals surface area contributed by atoms with Gasteiger partial charge in [0.25, 0.3) is 5.91 Å². The van der Waals surface area contributed by atoms with Crippen LogP contribution < -0.4 is 0 Å². The van der Waals surface area contributed by atoms with Crippen molar-refractivity contribution < 1.29 is 4.79 Å². The van der Waals surface area contributed by atoms with Crippen LogP contribution in [0.25, 0.3) is 0 Å². The molecule has 0 spiro atoms. The molecule has 118 valence electrons. The van der Waals surface area contributed by atoms with Gasteiger partial charge in [-0.05, 0) is 62.3 Å². The summed E-state index contributed by atoms with van der Waals surface area (Å²) in [6, 6.07) is 9.67. The molecular weight excluding hydrogens is 272 g/mol. The average molecular weight is 298 g/mol. The van der Waals surface area contributed by atoms with Gasteiger partial charge in [-0.2, -0.15) is 0 Å². The number of likely N-dealkylation sites (tertiary alicyclic amines) is 1. The second-order valence-electron chi connectivity index (χ2n) is 7.28. The number of hydrogen-bond acceptors (Lipinski definition) is 2. The highest BCUT2D eigenvalue weighted by atomic mass is 16.2. The molecule has 3 aliphatic rings. The highest BCUT2D eigenvalue weighted by molar-refractivity contribution is 5.94. The van der Waals surface area contributed by atoms with Gasteiger partial charge in [0.1, 0.15) is 0 Å². The third-order valence-corrected chi connectivity index (χ3v) is 5.73. The van der Waals surface area contributed by atoms with E-state index in [1.165, 1.54) is 37.7 Å². The molecule has 2 bridgehead atoms. The number of piperidine rings is 1. The summed E-state index contributed by atoms with van der Waals surface area (Å²) in [6.07, 6.45) is 6.46. The van der Waals surface area contributed by atoms with Gasteiger partial charge in [0.05, 0.1) is 0 Å². The van der Waals surface area contributed by atoms with Crippen LogP contribution in [-0.2, 0) is 6.54 Å². The molecule has 1 heterocycles. The fourth-order valence-electron chi connectivity index (χ4n) is 4.27. The Morgan fingerprint density at radius 1 is 1.18 bits per heavy atom. The fraction of sp³-hybridized carbons (Fsp3) is 0.632. The Kier molecular flexibility index (Phi) is 3.69. The van der Waals surface area contributed by atoms with Gasteiger partial charge in [0.2, 0.25) is 0 Å². The van der Waals surface area contributed by atoms with E-state index < -0.39 is 0 Å². The molecule has 2 saturated carbocycles. The SMILES string of the molecule is CCN(Cc1ccc(C(=O)N2C[C@H]3CC[C@H]2C3)cc1)C1CC1. The first-order valence-corrected chi connectivity index (χ1v) is 8.88. The van der Waals surface area contributed by atoms with Crippen molar-refractivity contribution in [3.63, 3.8) is 0 Å². The molecule has 4 rings (SSSR count). The Hall–Kier alpha value is -1.35. The number of nitrogens with zero attached hydrogens (tertiary/aromatic N) is 2. The van der Waals surface area contributed by atoms with Crippen LogP contribution in [0, 0.1) is 5.92 Å². The van der Waals surface area contributed by atoms with E-state index in [2.05, 4.69) is 28.9 Å². The van der Waals surface area contributed by atoms with Crippen molar-refractivity contribution in [2.75, 3.05) is 13.1 Å². The van der Waals surface area contributed by atoms with E-state index in [1.807, 2.05) is 12.1 Å². The van der Waals surface area contributed by atoms with Crippen LogP contribution >= 0.6 is 0 Å². The number of carbonyl (C=O) groups excluding carboxylic acids is 1. The van der Waals surface area contributed by atoms with Gasteiger partial charge in [-0.25, -0.2) is 0 Å². The quantitative estimate of drug-likeness (QED) is 0.833. The third-order valence-electron chi connectivity index (χ3n) is 5.73. The summed E-state index contributed by atoms with van der Waals surface area (Å²) < 4.78 is 0. The lowest BCUT2D eigenvalue weighted by Gasteiger charge is -2.27. The molecule has 3 fully saturated rings. The highest BCUT2D eigenvalue weighted by Gasteiger charge is 2.40. The molecule has 0 aromatic heterocycles. The molecule has 3 nitrogen and oxygen atoms in total. The van der Waals surface area contributed by atoms with Crippen molar-refractivity contribution in [3.8, 4) is 0 Å². The number of carbonyl (C=O) groups is 1. The lowest BCUT2D eigenvalue weighted by Crippen LogP contribution is -2.37. The predicted octanol–water partition coefficient (Wildman–Crippen LogP) is 3.30. The number of benzene rings is 1. The topological polar surface area (TPSA) is 23.6 Å². The minimum absolute atomic E-state index is 0.244. The largest absolute Gasteiger partial charge is 0.335 e. The summed E-state index contributed by atoms with van der Waals surface area (Å²) in [5.74, 6) is 1.01. The third kappa shape index (κ3) is 2.67. The second kappa shape index (κ2) is 5.69. The summed E-state index contributed by atoms with van der Waals surface area (Å²) >= 11 is 0. The average Bonchev–Trinajstić information content (AvgIpc) is 3.18. The maximum atomic E-state index is 12.7. The van der Waals surface area contributed by atoms with Crippen molar-refractivity contribution in [3.05, 3.63) is 35.4 Å². The van der Waals surface area contributed by atoms with Gasteiger partial charge in [0.15, 0.2) is 0 Å². The summed E-state index contributed by atoms with van der Waals surface area (Å²) in [4.78, 5) is 17.3. The Bertz CT molecular complexity index is 549. The lowest BCUT2D eigenvalue weighted by atomic mass is 10.1. The fourth-order valence-corrected chi connectivity index (χ4v) is 4.27. The highest BCUT2D eigenvalue weighted by Crippen LogP contribution is 2.38. The number of hydrogen-bond donors (Lipinski definition) is 0. The van der Waals surface area contributed by atoms with Crippen molar-refractivity contribution in [1.82, 2.24) is 9.80 Å². The van der Waals surface area contributed by atoms with E-state index >= 15 is 0 Å². The molecule has 2 aliphatic carbocycles. The van der Waals surface area contributed by atoms with Crippen molar-refractivity contribution >= 4 is 5.91 Å². The minimum atomic E-state index is 0.244. The summed E-state index contributed by atoms with van der Waals surface area (Å²) in [7, 11) is 0. The zero-order valence-electron chi connectivity index (χ0n) is 13.5. The zero-order chi connectivity index (χ0) is 15.1. The van der Waals surface area contributed by atoms with Crippen LogP contribution in [0.3, 0.4) is 0 Å². The summed E-state index contributed by atoms with van der Waals surface area (Å²) in [5.41, 5.74) is 2.19. The zero-order valence-corrected chi connectivity index (χ0v) is 13.5. The van der Waals surface area contributed by atoms with Crippen LogP contribution in [0.15, 0.2) is 24.3 Å². The molecule has 0 unspecified atom stereocenters. The molecular formula is C19H26N2O. The van der Waals surface area contributed by atoms with E-state index in [9.17, 15) is 4.79 Å². The molecule has 1 saturated heterocycles. The Morgan fingerprint density at radius 3 is 2.50 bits per heavy atom. The lowest BCUT2D eigenvalue weighted by molar-refractivity contribution is 0.0703. The monoisotopic (exact) mass is 298 g/mol. The Labute approximate surface area is 133 Å². The van der Waals surface area contributed by atoms with Crippen molar-refractivity contribution in [2.45, 2.75) is 57.7 Å². The van der Waals surface area contributed by atoms with E-state index in [-0.39, 0.29) is 5.91 Å². The first kappa shape index (κ1) is 14.3. The first-order chi connectivity index (χ1) is 10.7. The van der Waals surface area contributed by atoms with E-state index in [1.54, 1.807) is 0 Å². The standard InChI is InChI=1S/C19H26N2O/c1-2-20(17-9-10-17)12-14-3-6-16(7-4-14)19(22)21-13-15-5-8-18(21)11-15/h3-4,6-7,15,17-18H,2,5,8-13H2,1H3/t15-,18-/m0/s1. The van der Waals surface area contributed by atoms with Gasteiger partial charge >= 0.3 is 0 Å². The maximum absolute atomic E-state index is 12.7. The molecule has 2 atom stereocenters. The molecule has 3 heteroatoms. The van der Waals surface area contributed by atoms with Gasteiger partial charge in [-0.1, -0.05) is 19.1 Å². The molecule has 1 amide bonds. The molecule has 0 radical (unpaired) electrons. The number of amides is 1. The number of rotatable bonds is 5. The smallest absolute Gasteiger partial charge is 0.254 e. The summed E-state index contributed by atoms with van der Waals surface area (Å²) in [5, 5.41) is 0. The minimum Gasteiger partial charge on any atom is -0.335 e. The Balaban J connectivity index is 1.41. The van der Waals surface area contributed by atoms with Crippen LogP contribution in [0.1, 0.15) is 54.9 Å². The molecule has 1 aliphatic heterocycles. The molecule has 22 heavy (non-hydrogen) atoms. The molecule has 0 N–H and O–H groups in total. The van der Waals surface area contributed by atoms with E-state index in [4.69, 9.17) is 0 Å². The number of fused-ring (bicyclic) bond motifs is 2. The molecule has 1 aromatic carbocycles. The van der Waals surface area contributed by atoms with E-state index in [0.29, 0.717) is 6.04 Å². The van der Waals surface area contributed by atoms with Crippen LogP contribution in [0.4, 0.5) is 0 Å². The van der Waals surface area contributed by atoms with Gasteiger partial charge in [0, 0.05) is 30.7 Å². The van der Waals surface area contributed by atoms with Gasteiger partial charge in [-0.15, -0.1) is 0 Å². The van der Waals surface area contributed by atoms with E-state index in [0.717, 1.165) is 37.2 Å². The van der Waals surface area contributed by atoms with Gasteiger partial charge < -0.3 is 4.90 Å². The Morgan fingerprint density at radius 2 is 1.95 bits per heavy atom. The normalized spacial score (nSPS) is 26.9. The van der Waals surface area contributed by atoms with Crippen LogP contribution in [0.2, 0.25) is 0 Å². The van der Waals surface area contributed by atoms with Crippen LogP contribution in [-0.4, -0.2) is 40.9 Å². The summed E-state index contributed by atoms with van der Waals surface area (Å²) in [6.45, 7) is 5.35. The maximum Gasteiger partial charge on any atom is 0.254 e. The molecule has 1 aromatic rings. The van der Waals surface area contributed by atoms with Crippen molar-refractivity contribution in [2.24, 2.45) is 5.92 Å². The predicted molar refractivity (Wildman–Crippen MR) is 87.7 cm³/mol. The second-order valence-corrected chi connectivity index (χ2v) is 7.28. The first-order valence-electron chi connectivity index (χ1n) is 8.88. The van der Waals surface area contributed by atoms with Crippen LogP contribution in [0.5, 0.6) is 0 Å². The van der Waals surface area contributed by atoms with Gasteiger partial charge in [-0.3, -0.25) is 9.69 Å². The van der Waals surface area contributed by atoms with Crippen molar-refractivity contribution in [1.29, 1.82) is 0 Å².